The first-order valence-electron chi connectivity index (χ1n) is 5.19. The topological polar surface area (TPSA) is 61.7 Å². The van der Waals surface area contributed by atoms with Crippen molar-refractivity contribution in [2.45, 2.75) is 12.0 Å². The van der Waals surface area contributed by atoms with Crippen LogP contribution in [0.4, 0.5) is 0 Å². The van der Waals surface area contributed by atoms with Crippen molar-refractivity contribution in [1.82, 2.24) is 5.48 Å². The lowest BCUT2D eigenvalue weighted by Gasteiger charge is -2.19. The van der Waals surface area contributed by atoms with E-state index < -0.39 is 5.60 Å². The molecule has 0 unspecified atom stereocenters. The molecule has 1 aliphatic heterocycles. The number of nitrogens with one attached hydrogen (secondary N) is 1. The van der Waals surface area contributed by atoms with Gasteiger partial charge in [-0.15, -0.1) is 0 Å². The largest absolute Gasteiger partial charge is 0.393 e. The molecule has 4 heteroatoms. The molecule has 0 fully saturated rings. The molecule has 1 aliphatic rings. The van der Waals surface area contributed by atoms with Crippen LogP contribution in [0.25, 0.3) is 0 Å². The third-order valence-corrected chi connectivity index (χ3v) is 2.60. The van der Waals surface area contributed by atoms with Gasteiger partial charge in [0.25, 0.3) is 0 Å². The summed E-state index contributed by atoms with van der Waals surface area (Å²) in [5.41, 5.74) is 3.76. The minimum atomic E-state index is -0.982. The second kappa shape index (κ2) is 4.65. The van der Waals surface area contributed by atoms with Crippen LogP contribution in [-0.2, 0) is 11.3 Å². The smallest absolute Gasteiger partial charge is 0.162 e. The highest BCUT2D eigenvalue weighted by Crippen LogP contribution is 2.21. The number of aliphatic hydroxyl groups is 2. The molecule has 0 atom stereocenters. The predicted molar refractivity (Wildman–Crippen MR) is 59.4 cm³/mol. The van der Waals surface area contributed by atoms with E-state index in [-0.39, 0.29) is 13.2 Å². The minimum absolute atomic E-state index is 0.241. The van der Waals surface area contributed by atoms with Crippen molar-refractivity contribution < 1.29 is 15.1 Å². The van der Waals surface area contributed by atoms with Gasteiger partial charge in [0.05, 0.1) is 13.2 Å². The Labute approximate surface area is 94.1 Å². The SMILES string of the molecule is OCC1(CO)C=C(Cc2ccccc2)NO1. The first kappa shape index (κ1) is 11.1. The fraction of sp³-hybridized carbons (Fsp3) is 0.333. The van der Waals surface area contributed by atoms with Crippen LogP contribution < -0.4 is 5.48 Å². The summed E-state index contributed by atoms with van der Waals surface area (Å²) >= 11 is 0. The summed E-state index contributed by atoms with van der Waals surface area (Å²) in [6, 6.07) is 9.93. The maximum absolute atomic E-state index is 9.13. The normalized spacial score (nSPS) is 18.0. The summed E-state index contributed by atoms with van der Waals surface area (Å²) < 4.78 is 0. The van der Waals surface area contributed by atoms with Crippen LogP contribution in [0.15, 0.2) is 42.1 Å². The Hall–Kier alpha value is -1.36. The summed E-state index contributed by atoms with van der Waals surface area (Å²) in [7, 11) is 0. The zero-order valence-electron chi connectivity index (χ0n) is 8.89. The van der Waals surface area contributed by atoms with E-state index in [2.05, 4.69) is 5.48 Å². The van der Waals surface area contributed by atoms with Crippen LogP contribution in [0.1, 0.15) is 5.56 Å². The lowest BCUT2D eigenvalue weighted by Crippen LogP contribution is -2.37. The number of hydroxylamine groups is 1. The van der Waals surface area contributed by atoms with Gasteiger partial charge in [0, 0.05) is 12.1 Å². The van der Waals surface area contributed by atoms with Crippen LogP contribution in [0.5, 0.6) is 0 Å². The van der Waals surface area contributed by atoms with Gasteiger partial charge in [-0.05, 0) is 11.6 Å². The molecular weight excluding hydrogens is 206 g/mol. The van der Waals surface area contributed by atoms with Crippen LogP contribution >= 0.6 is 0 Å². The molecule has 0 amide bonds. The molecule has 1 aromatic carbocycles. The van der Waals surface area contributed by atoms with Gasteiger partial charge in [0.2, 0.25) is 0 Å². The average Bonchev–Trinajstić information content (AvgIpc) is 2.75. The predicted octanol–water partition coefficient (Wildman–Crippen LogP) is 0.371. The average molecular weight is 221 g/mol. The van der Waals surface area contributed by atoms with E-state index in [0.29, 0.717) is 6.42 Å². The Bertz CT molecular complexity index is 371. The van der Waals surface area contributed by atoms with Crippen molar-refractivity contribution in [3.05, 3.63) is 47.7 Å². The fourth-order valence-corrected chi connectivity index (χ4v) is 1.65. The highest BCUT2D eigenvalue weighted by molar-refractivity contribution is 5.24. The molecule has 86 valence electrons. The first-order valence-corrected chi connectivity index (χ1v) is 5.19. The van der Waals surface area contributed by atoms with Crippen LogP contribution in [0.2, 0.25) is 0 Å². The molecule has 0 saturated heterocycles. The molecule has 0 bridgehead atoms. The Kier molecular flexibility index (Phi) is 3.24. The lowest BCUT2D eigenvalue weighted by molar-refractivity contribution is -0.0961. The summed E-state index contributed by atoms with van der Waals surface area (Å²) in [5.74, 6) is 0. The van der Waals surface area contributed by atoms with Gasteiger partial charge in [0.15, 0.2) is 5.60 Å². The van der Waals surface area contributed by atoms with E-state index in [0.717, 1.165) is 11.3 Å². The molecule has 0 aromatic heterocycles. The second-order valence-electron chi connectivity index (χ2n) is 3.92. The number of rotatable bonds is 4. The molecular formula is C12H15NO3. The van der Waals surface area contributed by atoms with Gasteiger partial charge in [-0.25, -0.2) is 0 Å². The monoisotopic (exact) mass is 221 g/mol. The molecule has 2 rings (SSSR count). The Balaban J connectivity index is 2.08. The zero-order valence-corrected chi connectivity index (χ0v) is 8.89. The molecule has 1 aromatic rings. The van der Waals surface area contributed by atoms with E-state index in [1.165, 1.54) is 0 Å². The molecule has 16 heavy (non-hydrogen) atoms. The van der Waals surface area contributed by atoms with E-state index in [1.54, 1.807) is 6.08 Å². The maximum Gasteiger partial charge on any atom is 0.162 e. The quantitative estimate of drug-likeness (QED) is 0.687. The van der Waals surface area contributed by atoms with Crippen molar-refractivity contribution >= 4 is 0 Å². The summed E-state index contributed by atoms with van der Waals surface area (Å²) in [4.78, 5) is 5.18. The number of aliphatic hydroxyl groups excluding tert-OH is 2. The van der Waals surface area contributed by atoms with Crippen molar-refractivity contribution in [3.63, 3.8) is 0 Å². The highest BCUT2D eigenvalue weighted by Gasteiger charge is 2.33. The van der Waals surface area contributed by atoms with Crippen LogP contribution in [-0.4, -0.2) is 29.0 Å². The standard InChI is InChI=1S/C12H15NO3/c14-8-12(9-15)7-11(13-16-12)6-10-4-2-1-3-5-10/h1-5,7,13-15H,6,8-9H2. The maximum atomic E-state index is 9.13. The third-order valence-electron chi connectivity index (χ3n) is 2.60. The van der Waals surface area contributed by atoms with E-state index in [1.807, 2.05) is 30.3 Å². The number of benzene rings is 1. The van der Waals surface area contributed by atoms with Gasteiger partial charge in [-0.3, -0.25) is 10.3 Å². The van der Waals surface area contributed by atoms with Gasteiger partial charge >= 0.3 is 0 Å². The lowest BCUT2D eigenvalue weighted by atomic mass is 10.0. The Morgan fingerprint density at radius 3 is 2.38 bits per heavy atom. The molecule has 0 radical (unpaired) electrons. The third kappa shape index (κ3) is 2.24. The van der Waals surface area contributed by atoms with Gasteiger partial charge in [-0.1, -0.05) is 30.3 Å². The van der Waals surface area contributed by atoms with E-state index in [9.17, 15) is 0 Å². The number of allylic oxidation sites excluding steroid dienone is 1. The second-order valence-corrected chi connectivity index (χ2v) is 3.92. The van der Waals surface area contributed by atoms with Gasteiger partial charge in [0.1, 0.15) is 0 Å². The highest BCUT2D eigenvalue weighted by atomic mass is 16.7. The van der Waals surface area contributed by atoms with Crippen molar-refractivity contribution in [2.75, 3.05) is 13.2 Å². The van der Waals surface area contributed by atoms with Crippen molar-refractivity contribution in [3.8, 4) is 0 Å². The molecule has 0 aliphatic carbocycles. The summed E-state index contributed by atoms with van der Waals surface area (Å²) in [5, 5.41) is 18.3. The molecule has 0 saturated carbocycles. The Morgan fingerprint density at radius 1 is 1.12 bits per heavy atom. The summed E-state index contributed by atoms with van der Waals surface area (Å²) in [6.45, 7) is -0.483. The Morgan fingerprint density at radius 2 is 1.81 bits per heavy atom. The van der Waals surface area contributed by atoms with Crippen molar-refractivity contribution in [1.29, 1.82) is 0 Å². The number of hydrogen-bond donors (Lipinski definition) is 3. The zero-order chi connectivity index (χ0) is 11.4. The fourth-order valence-electron chi connectivity index (χ4n) is 1.65. The minimum Gasteiger partial charge on any atom is -0.393 e. The summed E-state index contributed by atoms with van der Waals surface area (Å²) in [6.07, 6.45) is 2.43. The van der Waals surface area contributed by atoms with E-state index >= 15 is 0 Å². The first-order chi connectivity index (χ1) is 7.78. The molecule has 3 N–H and O–H groups in total. The molecule has 0 spiro atoms. The number of hydrogen-bond acceptors (Lipinski definition) is 4. The molecule has 4 nitrogen and oxygen atoms in total. The van der Waals surface area contributed by atoms with Crippen LogP contribution in [0, 0.1) is 0 Å². The van der Waals surface area contributed by atoms with Gasteiger partial charge in [-0.2, -0.15) is 0 Å². The van der Waals surface area contributed by atoms with E-state index in [4.69, 9.17) is 15.1 Å². The van der Waals surface area contributed by atoms with Crippen LogP contribution in [0.3, 0.4) is 0 Å². The molecule has 1 heterocycles. The van der Waals surface area contributed by atoms with Crippen molar-refractivity contribution in [2.24, 2.45) is 0 Å². The van der Waals surface area contributed by atoms with Gasteiger partial charge < -0.3 is 10.2 Å².